The summed E-state index contributed by atoms with van der Waals surface area (Å²) in [5, 5.41) is 11.2. The summed E-state index contributed by atoms with van der Waals surface area (Å²) in [5.74, 6) is 0.213. The van der Waals surface area contributed by atoms with E-state index in [1.165, 1.54) is 11.3 Å². The maximum absolute atomic E-state index is 10.7. The van der Waals surface area contributed by atoms with Crippen molar-refractivity contribution in [3.05, 3.63) is 40.6 Å². The fourth-order valence-corrected chi connectivity index (χ4v) is 2.04. The predicted octanol–water partition coefficient (Wildman–Crippen LogP) is 2.93. The van der Waals surface area contributed by atoms with Gasteiger partial charge in [0.15, 0.2) is 6.29 Å². The summed E-state index contributed by atoms with van der Waals surface area (Å²) in [5.41, 5.74) is 1.74. The van der Waals surface area contributed by atoms with Gasteiger partial charge in [0.05, 0.1) is 4.88 Å². The predicted molar refractivity (Wildman–Crippen MR) is 56.8 cm³/mol. The number of carbonyl (C=O) groups excluding carboxylic acids is 1. The fourth-order valence-electron chi connectivity index (χ4n) is 1.32. The van der Waals surface area contributed by atoms with E-state index in [0.717, 1.165) is 17.4 Å². The zero-order valence-corrected chi connectivity index (χ0v) is 8.12. The summed E-state index contributed by atoms with van der Waals surface area (Å²) in [6.07, 6.45) is 0.837. The van der Waals surface area contributed by atoms with Crippen LogP contribution in [0.15, 0.2) is 35.7 Å². The summed E-state index contributed by atoms with van der Waals surface area (Å²) in [7, 11) is 0. The first-order valence-electron chi connectivity index (χ1n) is 4.13. The maximum Gasteiger partial charge on any atom is 0.160 e. The third-order valence-electron chi connectivity index (χ3n) is 1.96. The molecule has 0 saturated heterocycles. The van der Waals surface area contributed by atoms with E-state index in [1.807, 2.05) is 17.5 Å². The lowest BCUT2D eigenvalue weighted by Crippen LogP contribution is -1.79. The monoisotopic (exact) mass is 204 g/mol. The number of aromatic hydroxyl groups is 1. The molecule has 1 N–H and O–H groups in total. The van der Waals surface area contributed by atoms with Crippen molar-refractivity contribution >= 4 is 17.6 Å². The molecule has 0 radical (unpaired) electrons. The molecule has 14 heavy (non-hydrogen) atoms. The molecule has 0 bridgehead atoms. The van der Waals surface area contributed by atoms with E-state index >= 15 is 0 Å². The van der Waals surface area contributed by atoms with Gasteiger partial charge < -0.3 is 5.11 Å². The highest BCUT2D eigenvalue weighted by molar-refractivity contribution is 7.12. The van der Waals surface area contributed by atoms with E-state index in [-0.39, 0.29) is 5.75 Å². The van der Waals surface area contributed by atoms with Crippen LogP contribution in [-0.4, -0.2) is 11.4 Å². The Morgan fingerprint density at radius 3 is 2.86 bits per heavy atom. The molecular formula is C11H8O2S. The standard InChI is InChI=1S/C11H8O2S/c12-7-11-10(4-5-14-11)8-2-1-3-9(13)6-8/h1-7,13H. The quantitative estimate of drug-likeness (QED) is 0.763. The number of aldehydes is 1. The molecule has 1 aromatic heterocycles. The summed E-state index contributed by atoms with van der Waals surface area (Å²) < 4.78 is 0. The molecule has 0 aliphatic carbocycles. The van der Waals surface area contributed by atoms with Gasteiger partial charge in [-0.05, 0) is 29.1 Å². The Hall–Kier alpha value is -1.61. The molecule has 0 atom stereocenters. The van der Waals surface area contributed by atoms with Gasteiger partial charge in [-0.1, -0.05) is 12.1 Å². The first kappa shape index (κ1) is 8.97. The smallest absolute Gasteiger partial charge is 0.160 e. The minimum Gasteiger partial charge on any atom is -0.508 e. The number of phenolic OH excluding ortho intramolecular Hbond substituents is 1. The highest BCUT2D eigenvalue weighted by Gasteiger charge is 2.05. The molecule has 2 rings (SSSR count). The van der Waals surface area contributed by atoms with Crippen LogP contribution in [0.3, 0.4) is 0 Å². The molecule has 2 nitrogen and oxygen atoms in total. The Kier molecular flexibility index (Phi) is 2.33. The second-order valence-electron chi connectivity index (χ2n) is 2.87. The molecule has 0 aliphatic rings. The molecule has 0 amide bonds. The topological polar surface area (TPSA) is 37.3 Å². The largest absolute Gasteiger partial charge is 0.508 e. The number of thiophene rings is 1. The Morgan fingerprint density at radius 1 is 1.29 bits per heavy atom. The van der Waals surface area contributed by atoms with Gasteiger partial charge in [0.2, 0.25) is 0 Å². The molecule has 1 heterocycles. The minimum atomic E-state index is 0.213. The van der Waals surface area contributed by atoms with Gasteiger partial charge in [0.25, 0.3) is 0 Å². The lowest BCUT2D eigenvalue weighted by Gasteiger charge is -1.99. The third-order valence-corrected chi connectivity index (χ3v) is 2.80. The van der Waals surface area contributed by atoms with Crippen LogP contribution < -0.4 is 0 Å². The van der Waals surface area contributed by atoms with Crippen molar-refractivity contribution in [1.29, 1.82) is 0 Å². The molecule has 0 aliphatic heterocycles. The molecule has 0 unspecified atom stereocenters. The molecule has 0 saturated carbocycles. The van der Waals surface area contributed by atoms with Gasteiger partial charge in [0.1, 0.15) is 5.75 Å². The van der Waals surface area contributed by atoms with Crippen LogP contribution in [0.1, 0.15) is 9.67 Å². The highest BCUT2D eigenvalue weighted by Crippen LogP contribution is 2.28. The van der Waals surface area contributed by atoms with E-state index in [9.17, 15) is 9.90 Å². The van der Waals surface area contributed by atoms with Crippen molar-refractivity contribution in [2.75, 3.05) is 0 Å². The van der Waals surface area contributed by atoms with Crippen LogP contribution in [0.25, 0.3) is 11.1 Å². The molecule has 0 fully saturated rings. The van der Waals surface area contributed by atoms with Gasteiger partial charge in [-0.25, -0.2) is 0 Å². The van der Waals surface area contributed by atoms with Crippen molar-refractivity contribution in [3.8, 4) is 16.9 Å². The molecule has 3 heteroatoms. The van der Waals surface area contributed by atoms with Crippen LogP contribution in [-0.2, 0) is 0 Å². The van der Waals surface area contributed by atoms with E-state index in [2.05, 4.69) is 0 Å². The number of rotatable bonds is 2. The van der Waals surface area contributed by atoms with Gasteiger partial charge in [-0.2, -0.15) is 0 Å². The van der Waals surface area contributed by atoms with Crippen LogP contribution in [0, 0.1) is 0 Å². The zero-order chi connectivity index (χ0) is 9.97. The zero-order valence-electron chi connectivity index (χ0n) is 7.31. The molecular weight excluding hydrogens is 196 g/mol. The first-order chi connectivity index (χ1) is 6.81. The number of hydrogen-bond donors (Lipinski definition) is 1. The van der Waals surface area contributed by atoms with E-state index in [1.54, 1.807) is 18.2 Å². The van der Waals surface area contributed by atoms with Crippen LogP contribution in [0.5, 0.6) is 5.75 Å². The summed E-state index contributed by atoms with van der Waals surface area (Å²) in [6.45, 7) is 0. The van der Waals surface area contributed by atoms with Gasteiger partial charge in [-0.3, -0.25) is 4.79 Å². The Balaban J connectivity index is 2.54. The van der Waals surface area contributed by atoms with Crippen molar-refractivity contribution in [2.45, 2.75) is 0 Å². The SMILES string of the molecule is O=Cc1sccc1-c1cccc(O)c1. The maximum atomic E-state index is 10.7. The number of benzene rings is 1. The highest BCUT2D eigenvalue weighted by atomic mass is 32.1. The fraction of sp³-hybridized carbons (Fsp3) is 0. The first-order valence-corrected chi connectivity index (χ1v) is 5.01. The molecule has 2 aromatic rings. The van der Waals surface area contributed by atoms with Crippen molar-refractivity contribution in [2.24, 2.45) is 0 Å². The second kappa shape index (κ2) is 3.64. The lowest BCUT2D eigenvalue weighted by molar-refractivity contribution is 0.112. The van der Waals surface area contributed by atoms with Crippen molar-refractivity contribution in [3.63, 3.8) is 0 Å². The molecule has 1 aromatic carbocycles. The van der Waals surface area contributed by atoms with Crippen LogP contribution in [0.4, 0.5) is 0 Å². The Morgan fingerprint density at radius 2 is 2.14 bits per heavy atom. The average molecular weight is 204 g/mol. The third kappa shape index (κ3) is 1.54. The van der Waals surface area contributed by atoms with Crippen molar-refractivity contribution < 1.29 is 9.90 Å². The molecule has 70 valence electrons. The summed E-state index contributed by atoms with van der Waals surface area (Å²) >= 11 is 1.40. The lowest BCUT2D eigenvalue weighted by atomic mass is 10.1. The van der Waals surface area contributed by atoms with Crippen LogP contribution in [0.2, 0.25) is 0 Å². The summed E-state index contributed by atoms with van der Waals surface area (Å²) in [6, 6.07) is 8.76. The average Bonchev–Trinajstić information content (AvgIpc) is 2.65. The van der Waals surface area contributed by atoms with E-state index < -0.39 is 0 Å². The second-order valence-corrected chi connectivity index (χ2v) is 3.81. The van der Waals surface area contributed by atoms with Gasteiger partial charge in [-0.15, -0.1) is 11.3 Å². The number of carbonyl (C=O) groups is 1. The normalized spacial score (nSPS) is 10.0. The Labute approximate surface area is 85.4 Å². The van der Waals surface area contributed by atoms with Crippen molar-refractivity contribution in [1.82, 2.24) is 0 Å². The number of phenols is 1. The molecule has 0 spiro atoms. The van der Waals surface area contributed by atoms with E-state index in [4.69, 9.17) is 0 Å². The Bertz CT molecular complexity index is 460. The van der Waals surface area contributed by atoms with Gasteiger partial charge >= 0.3 is 0 Å². The van der Waals surface area contributed by atoms with Crippen LogP contribution >= 0.6 is 11.3 Å². The summed E-state index contributed by atoms with van der Waals surface area (Å²) in [4.78, 5) is 11.4. The number of hydrogen-bond acceptors (Lipinski definition) is 3. The minimum absolute atomic E-state index is 0.213. The van der Waals surface area contributed by atoms with E-state index in [0.29, 0.717) is 4.88 Å². The van der Waals surface area contributed by atoms with Gasteiger partial charge in [0, 0.05) is 5.56 Å².